The Hall–Kier alpha value is -1.13. The number of hydrogen-bond donors (Lipinski definition) is 2. The summed E-state index contributed by atoms with van der Waals surface area (Å²) in [5, 5.41) is 0. The van der Waals surface area contributed by atoms with Gasteiger partial charge in [-0.25, -0.2) is 4.98 Å². The predicted octanol–water partition coefficient (Wildman–Crippen LogP) is 2.42. The number of nitrogens with zero attached hydrogens (tertiary/aromatic N) is 1. The van der Waals surface area contributed by atoms with Crippen LogP contribution in [0.15, 0.2) is 34.9 Å². The Balaban J connectivity index is 1.99. The summed E-state index contributed by atoms with van der Waals surface area (Å²) in [5.41, 5.74) is 7.94. The van der Waals surface area contributed by atoms with Crippen LogP contribution in [-0.2, 0) is 19.4 Å². The van der Waals surface area contributed by atoms with Crippen LogP contribution in [0.2, 0.25) is 0 Å². The van der Waals surface area contributed by atoms with Crippen molar-refractivity contribution in [1.29, 1.82) is 0 Å². The number of aromatic amines is 1. The highest BCUT2D eigenvalue weighted by Crippen LogP contribution is 2.17. The molecule has 0 fully saturated rings. The molecule has 1 heterocycles. The quantitative estimate of drug-likeness (QED) is 0.903. The molecule has 0 unspecified atom stereocenters. The maximum absolute atomic E-state index is 5.49. The number of benzene rings is 1. The molecule has 4 heteroatoms. The van der Waals surface area contributed by atoms with Gasteiger partial charge in [-0.15, -0.1) is 0 Å². The number of imidazole rings is 1. The number of H-pyrrole nitrogens is 1. The van der Waals surface area contributed by atoms with Crippen LogP contribution in [0.3, 0.4) is 0 Å². The van der Waals surface area contributed by atoms with Crippen molar-refractivity contribution in [3.63, 3.8) is 0 Å². The number of aryl methyl sites for hydroxylation is 2. The predicted molar refractivity (Wildman–Crippen MR) is 68.0 cm³/mol. The summed E-state index contributed by atoms with van der Waals surface area (Å²) in [4.78, 5) is 7.38. The summed E-state index contributed by atoms with van der Waals surface area (Å²) in [6, 6.07) is 8.27. The molecular weight excluding hydrogens is 266 g/mol. The van der Waals surface area contributed by atoms with Crippen molar-refractivity contribution in [2.75, 3.05) is 0 Å². The highest BCUT2D eigenvalue weighted by Gasteiger charge is 2.02. The normalized spacial score (nSPS) is 10.6. The number of halogens is 1. The monoisotopic (exact) mass is 279 g/mol. The van der Waals surface area contributed by atoms with E-state index in [9.17, 15) is 0 Å². The third-order valence-electron chi connectivity index (χ3n) is 2.50. The largest absolute Gasteiger partial charge is 0.345 e. The van der Waals surface area contributed by atoms with Gasteiger partial charge in [0.15, 0.2) is 0 Å². The third-order valence-corrected chi connectivity index (χ3v) is 3.27. The molecule has 3 nitrogen and oxygen atoms in total. The maximum Gasteiger partial charge on any atom is 0.120 e. The summed E-state index contributed by atoms with van der Waals surface area (Å²) in [7, 11) is 0. The van der Waals surface area contributed by atoms with E-state index in [4.69, 9.17) is 5.73 Å². The fourth-order valence-corrected chi connectivity index (χ4v) is 2.09. The van der Waals surface area contributed by atoms with Crippen molar-refractivity contribution in [1.82, 2.24) is 9.97 Å². The molecule has 0 spiro atoms. The summed E-state index contributed by atoms with van der Waals surface area (Å²) in [6.07, 6.45) is 3.81. The van der Waals surface area contributed by atoms with Crippen LogP contribution in [0.1, 0.15) is 17.1 Å². The molecule has 16 heavy (non-hydrogen) atoms. The van der Waals surface area contributed by atoms with Crippen molar-refractivity contribution < 1.29 is 0 Å². The molecule has 2 rings (SSSR count). The minimum atomic E-state index is 0.467. The van der Waals surface area contributed by atoms with Crippen molar-refractivity contribution in [2.45, 2.75) is 19.4 Å². The van der Waals surface area contributed by atoms with Crippen LogP contribution in [0.25, 0.3) is 0 Å². The first-order valence-corrected chi connectivity index (χ1v) is 6.05. The molecule has 3 N–H and O–H groups in total. The molecule has 0 atom stereocenters. The van der Waals surface area contributed by atoms with E-state index in [0.717, 1.165) is 28.8 Å². The lowest BCUT2D eigenvalue weighted by Crippen LogP contribution is -1.99. The molecule has 0 bridgehead atoms. The second-order valence-corrected chi connectivity index (χ2v) is 4.51. The minimum absolute atomic E-state index is 0.467. The van der Waals surface area contributed by atoms with Gasteiger partial charge >= 0.3 is 0 Å². The van der Waals surface area contributed by atoms with Gasteiger partial charge < -0.3 is 10.7 Å². The molecule has 1 aromatic carbocycles. The van der Waals surface area contributed by atoms with Crippen LogP contribution in [0, 0.1) is 0 Å². The second-order valence-electron chi connectivity index (χ2n) is 3.65. The SMILES string of the molecule is NCc1ncc(CCc2ccccc2Br)[nH]1. The highest BCUT2D eigenvalue weighted by molar-refractivity contribution is 9.10. The first-order chi connectivity index (χ1) is 7.79. The first-order valence-electron chi connectivity index (χ1n) is 5.26. The van der Waals surface area contributed by atoms with Gasteiger partial charge in [0.05, 0.1) is 6.54 Å². The minimum Gasteiger partial charge on any atom is -0.345 e. The number of hydrogen-bond acceptors (Lipinski definition) is 2. The molecule has 1 aromatic heterocycles. The van der Waals surface area contributed by atoms with E-state index < -0.39 is 0 Å². The molecule has 2 aromatic rings. The fourth-order valence-electron chi connectivity index (χ4n) is 1.61. The van der Waals surface area contributed by atoms with Crippen LogP contribution in [0.4, 0.5) is 0 Å². The van der Waals surface area contributed by atoms with Gasteiger partial charge in [-0.3, -0.25) is 0 Å². The van der Waals surface area contributed by atoms with Crippen LogP contribution in [-0.4, -0.2) is 9.97 Å². The van der Waals surface area contributed by atoms with E-state index in [1.165, 1.54) is 5.56 Å². The molecule has 0 radical (unpaired) electrons. The van der Waals surface area contributed by atoms with Gasteiger partial charge in [-0.1, -0.05) is 34.1 Å². The molecule has 0 saturated heterocycles. The van der Waals surface area contributed by atoms with Crippen LogP contribution < -0.4 is 5.73 Å². The van der Waals surface area contributed by atoms with Gasteiger partial charge in [0.1, 0.15) is 5.82 Å². The molecule has 84 valence electrons. The Kier molecular flexibility index (Phi) is 3.74. The zero-order valence-corrected chi connectivity index (χ0v) is 10.5. The van der Waals surface area contributed by atoms with Crippen molar-refractivity contribution >= 4 is 15.9 Å². The molecule has 0 aliphatic rings. The van der Waals surface area contributed by atoms with E-state index in [0.29, 0.717) is 6.54 Å². The Labute approximate surface area is 103 Å². The molecule has 0 saturated carbocycles. The van der Waals surface area contributed by atoms with E-state index in [1.54, 1.807) is 0 Å². The summed E-state index contributed by atoms with van der Waals surface area (Å²) in [6.45, 7) is 0.467. The van der Waals surface area contributed by atoms with E-state index in [2.05, 4.69) is 44.1 Å². The van der Waals surface area contributed by atoms with Crippen molar-refractivity contribution in [3.8, 4) is 0 Å². The molecule has 0 aliphatic carbocycles. The summed E-state index contributed by atoms with van der Waals surface area (Å²) < 4.78 is 1.16. The lowest BCUT2D eigenvalue weighted by atomic mass is 10.1. The molecule has 0 amide bonds. The topological polar surface area (TPSA) is 54.7 Å². The highest BCUT2D eigenvalue weighted by atomic mass is 79.9. The van der Waals surface area contributed by atoms with Crippen molar-refractivity contribution in [2.24, 2.45) is 5.73 Å². The first kappa shape index (κ1) is 11.4. The summed E-state index contributed by atoms with van der Waals surface area (Å²) >= 11 is 3.54. The van der Waals surface area contributed by atoms with Gasteiger partial charge in [0.2, 0.25) is 0 Å². The number of aromatic nitrogens is 2. The number of nitrogens with one attached hydrogen (secondary N) is 1. The molecule has 0 aliphatic heterocycles. The average Bonchev–Trinajstić information content (AvgIpc) is 2.76. The van der Waals surface area contributed by atoms with Gasteiger partial charge in [0.25, 0.3) is 0 Å². The number of nitrogens with two attached hydrogens (primary N) is 1. The second kappa shape index (κ2) is 5.27. The zero-order valence-electron chi connectivity index (χ0n) is 8.91. The lowest BCUT2D eigenvalue weighted by molar-refractivity contribution is 0.892. The third kappa shape index (κ3) is 2.71. The van der Waals surface area contributed by atoms with Crippen molar-refractivity contribution in [3.05, 3.63) is 52.0 Å². The zero-order chi connectivity index (χ0) is 11.4. The average molecular weight is 280 g/mol. The molecular formula is C12H14BrN3. The van der Waals surface area contributed by atoms with Gasteiger partial charge in [0, 0.05) is 16.4 Å². The van der Waals surface area contributed by atoms with E-state index in [-0.39, 0.29) is 0 Å². The van der Waals surface area contributed by atoms with E-state index in [1.807, 2.05) is 12.3 Å². The lowest BCUT2D eigenvalue weighted by Gasteiger charge is -2.02. The fraction of sp³-hybridized carbons (Fsp3) is 0.250. The van der Waals surface area contributed by atoms with Crippen LogP contribution in [0.5, 0.6) is 0 Å². The smallest absolute Gasteiger partial charge is 0.120 e. The Morgan fingerprint density at radius 1 is 1.25 bits per heavy atom. The Morgan fingerprint density at radius 3 is 2.75 bits per heavy atom. The Morgan fingerprint density at radius 2 is 2.06 bits per heavy atom. The summed E-state index contributed by atoms with van der Waals surface area (Å²) in [5.74, 6) is 0.849. The van der Waals surface area contributed by atoms with Gasteiger partial charge in [-0.2, -0.15) is 0 Å². The maximum atomic E-state index is 5.49. The van der Waals surface area contributed by atoms with Crippen LogP contribution >= 0.6 is 15.9 Å². The number of rotatable bonds is 4. The standard InChI is InChI=1S/C12H14BrN3/c13-11-4-2-1-3-9(11)5-6-10-8-15-12(7-14)16-10/h1-4,8H,5-7,14H2,(H,15,16). The Bertz CT molecular complexity index is 465. The van der Waals surface area contributed by atoms with Gasteiger partial charge in [-0.05, 0) is 24.5 Å². The van der Waals surface area contributed by atoms with E-state index >= 15 is 0 Å².